The lowest BCUT2D eigenvalue weighted by Crippen LogP contribution is -2.50. The lowest BCUT2D eigenvalue weighted by molar-refractivity contribution is -0.157. The molecular weight excluding hydrogens is 356 g/mol. The Kier molecular flexibility index (Phi) is 6.70. The van der Waals surface area contributed by atoms with Crippen LogP contribution in [0.3, 0.4) is 0 Å². The van der Waals surface area contributed by atoms with Crippen LogP contribution in [0.15, 0.2) is 24.3 Å². The predicted molar refractivity (Wildman–Crippen MR) is 105 cm³/mol. The molecule has 3 rings (SSSR count). The first-order valence-electron chi connectivity index (χ1n) is 10.3. The van der Waals surface area contributed by atoms with Gasteiger partial charge in [0, 0.05) is 32.0 Å². The Hall–Kier alpha value is -2.37. The van der Waals surface area contributed by atoms with Crippen molar-refractivity contribution in [1.82, 2.24) is 9.80 Å². The number of benzene rings is 1. The second-order valence-electron chi connectivity index (χ2n) is 7.75. The standard InChI is InChI=1S/C22H30N2O4/c1-3-28-22(27)19-6-4-5-13-23(19)21(26)14-18-11-12-20(25)24(18)15-17-9-7-16(2)8-10-17/h7-10,18-19H,3-6,11-15H2,1-2H3/t18-,19+/m0/s1. The van der Waals surface area contributed by atoms with E-state index < -0.39 is 6.04 Å². The number of hydrogen-bond acceptors (Lipinski definition) is 4. The number of carbonyl (C=O) groups is 3. The van der Waals surface area contributed by atoms with Gasteiger partial charge < -0.3 is 14.5 Å². The van der Waals surface area contributed by atoms with Gasteiger partial charge in [0.1, 0.15) is 6.04 Å². The van der Waals surface area contributed by atoms with Crippen molar-refractivity contribution >= 4 is 17.8 Å². The van der Waals surface area contributed by atoms with Crippen molar-refractivity contribution in [2.45, 2.75) is 71.0 Å². The van der Waals surface area contributed by atoms with Crippen molar-refractivity contribution in [2.75, 3.05) is 13.2 Å². The predicted octanol–water partition coefficient (Wildman–Crippen LogP) is 2.82. The Balaban J connectivity index is 1.66. The maximum Gasteiger partial charge on any atom is 0.328 e. The molecule has 6 heteroatoms. The number of likely N-dealkylation sites (tertiary alicyclic amines) is 2. The second kappa shape index (κ2) is 9.22. The molecule has 6 nitrogen and oxygen atoms in total. The molecule has 2 amide bonds. The smallest absolute Gasteiger partial charge is 0.328 e. The summed E-state index contributed by atoms with van der Waals surface area (Å²) >= 11 is 0. The van der Waals surface area contributed by atoms with Crippen LogP contribution in [0.5, 0.6) is 0 Å². The number of esters is 1. The zero-order chi connectivity index (χ0) is 20.1. The van der Waals surface area contributed by atoms with E-state index in [1.807, 2.05) is 36.1 Å². The quantitative estimate of drug-likeness (QED) is 0.705. The molecule has 2 atom stereocenters. The minimum absolute atomic E-state index is 0.0497. The summed E-state index contributed by atoms with van der Waals surface area (Å²) < 4.78 is 5.16. The number of nitrogens with zero attached hydrogens (tertiary/aromatic N) is 2. The number of hydrogen-bond donors (Lipinski definition) is 0. The molecule has 0 saturated carbocycles. The van der Waals surface area contributed by atoms with Crippen molar-refractivity contribution in [3.05, 3.63) is 35.4 Å². The number of rotatable bonds is 6. The molecule has 2 aliphatic heterocycles. The van der Waals surface area contributed by atoms with E-state index in [2.05, 4.69) is 0 Å². The van der Waals surface area contributed by atoms with E-state index in [1.165, 1.54) is 5.56 Å². The fraction of sp³-hybridized carbons (Fsp3) is 0.591. The SMILES string of the molecule is CCOC(=O)[C@H]1CCCCN1C(=O)C[C@@H]1CCC(=O)N1Cc1ccc(C)cc1. The molecule has 0 spiro atoms. The van der Waals surface area contributed by atoms with Gasteiger partial charge in [-0.25, -0.2) is 4.79 Å². The highest BCUT2D eigenvalue weighted by Gasteiger charge is 2.37. The highest BCUT2D eigenvalue weighted by atomic mass is 16.5. The normalized spacial score (nSPS) is 22.4. The van der Waals surface area contributed by atoms with Gasteiger partial charge in [-0.1, -0.05) is 29.8 Å². The van der Waals surface area contributed by atoms with Crippen LogP contribution in [0, 0.1) is 6.92 Å². The molecule has 1 aromatic rings. The first-order valence-corrected chi connectivity index (χ1v) is 10.3. The maximum absolute atomic E-state index is 13.0. The molecule has 28 heavy (non-hydrogen) atoms. The minimum atomic E-state index is -0.483. The summed E-state index contributed by atoms with van der Waals surface area (Å²) in [6.07, 6.45) is 3.92. The number of carbonyl (C=O) groups excluding carboxylic acids is 3. The third-order valence-corrected chi connectivity index (χ3v) is 5.72. The van der Waals surface area contributed by atoms with Gasteiger partial charge in [-0.15, -0.1) is 0 Å². The molecule has 0 bridgehead atoms. The molecule has 0 N–H and O–H groups in total. The average molecular weight is 386 g/mol. The van der Waals surface area contributed by atoms with Gasteiger partial charge in [0.05, 0.1) is 6.61 Å². The number of ether oxygens (including phenoxy) is 1. The number of aryl methyl sites for hydroxylation is 1. The third kappa shape index (κ3) is 4.72. The summed E-state index contributed by atoms with van der Waals surface area (Å²) in [4.78, 5) is 41.2. The van der Waals surface area contributed by atoms with Gasteiger partial charge in [-0.05, 0) is 45.1 Å². The lowest BCUT2D eigenvalue weighted by atomic mass is 10.0. The van der Waals surface area contributed by atoms with Crippen LogP contribution in [-0.2, 0) is 25.7 Å². The van der Waals surface area contributed by atoms with Gasteiger partial charge in [-0.3, -0.25) is 9.59 Å². The van der Waals surface area contributed by atoms with Crippen molar-refractivity contribution < 1.29 is 19.1 Å². The molecule has 0 aliphatic carbocycles. The maximum atomic E-state index is 13.0. The molecular formula is C22H30N2O4. The van der Waals surface area contributed by atoms with Crippen molar-refractivity contribution in [1.29, 1.82) is 0 Å². The topological polar surface area (TPSA) is 66.9 Å². The van der Waals surface area contributed by atoms with Crippen molar-refractivity contribution in [3.63, 3.8) is 0 Å². The fourth-order valence-corrected chi connectivity index (χ4v) is 4.15. The largest absolute Gasteiger partial charge is 0.464 e. The zero-order valence-corrected chi connectivity index (χ0v) is 16.9. The Morgan fingerprint density at radius 2 is 1.89 bits per heavy atom. The monoisotopic (exact) mass is 386 g/mol. The molecule has 2 heterocycles. The Bertz CT molecular complexity index is 716. The van der Waals surface area contributed by atoms with Gasteiger partial charge in [0.2, 0.25) is 11.8 Å². The van der Waals surface area contributed by atoms with E-state index in [-0.39, 0.29) is 30.2 Å². The van der Waals surface area contributed by atoms with Crippen LogP contribution in [-0.4, -0.2) is 52.8 Å². The molecule has 2 aliphatic rings. The minimum Gasteiger partial charge on any atom is -0.464 e. The van der Waals surface area contributed by atoms with Crippen LogP contribution in [0.1, 0.15) is 56.6 Å². The third-order valence-electron chi connectivity index (χ3n) is 5.72. The Morgan fingerprint density at radius 3 is 2.61 bits per heavy atom. The highest BCUT2D eigenvalue weighted by Crippen LogP contribution is 2.27. The first-order chi connectivity index (χ1) is 13.5. The van der Waals surface area contributed by atoms with Crippen molar-refractivity contribution in [2.24, 2.45) is 0 Å². The van der Waals surface area contributed by atoms with E-state index in [4.69, 9.17) is 4.74 Å². The van der Waals surface area contributed by atoms with Gasteiger partial charge in [0.25, 0.3) is 0 Å². The van der Waals surface area contributed by atoms with Crippen LogP contribution in [0.25, 0.3) is 0 Å². The molecule has 0 aromatic heterocycles. The summed E-state index contributed by atoms with van der Waals surface area (Å²) in [5, 5.41) is 0. The van der Waals surface area contributed by atoms with Crippen LogP contribution in [0.4, 0.5) is 0 Å². The van der Waals surface area contributed by atoms with Crippen molar-refractivity contribution in [3.8, 4) is 0 Å². The summed E-state index contributed by atoms with van der Waals surface area (Å²) in [5.74, 6) is -0.264. The van der Waals surface area contributed by atoms with E-state index in [0.29, 0.717) is 39.0 Å². The first kappa shape index (κ1) is 20.4. The summed E-state index contributed by atoms with van der Waals surface area (Å²) in [6, 6.07) is 7.54. The summed E-state index contributed by atoms with van der Waals surface area (Å²) in [6.45, 7) is 5.24. The Labute approximate surface area is 166 Å². The fourth-order valence-electron chi connectivity index (χ4n) is 4.15. The Morgan fingerprint density at radius 1 is 1.14 bits per heavy atom. The van der Waals surface area contributed by atoms with Gasteiger partial charge in [0.15, 0.2) is 0 Å². The van der Waals surface area contributed by atoms with E-state index in [9.17, 15) is 14.4 Å². The summed E-state index contributed by atoms with van der Waals surface area (Å²) in [5.41, 5.74) is 2.25. The molecule has 1 aromatic carbocycles. The van der Waals surface area contributed by atoms with E-state index in [0.717, 1.165) is 18.4 Å². The lowest BCUT2D eigenvalue weighted by Gasteiger charge is -2.35. The number of piperidine rings is 1. The molecule has 0 unspecified atom stereocenters. The number of amides is 2. The van der Waals surface area contributed by atoms with Gasteiger partial charge in [-0.2, -0.15) is 0 Å². The van der Waals surface area contributed by atoms with Gasteiger partial charge >= 0.3 is 5.97 Å². The highest BCUT2D eigenvalue weighted by molar-refractivity contribution is 5.86. The molecule has 0 radical (unpaired) electrons. The molecule has 2 fully saturated rings. The molecule has 2 saturated heterocycles. The average Bonchev–Trinajstić information content (AvgIpc) is 3.03. The molecule has 152 valence electrons. The summed E-state index contributed by atoms with van der Waals surface area (Å²) in [7, 11) is 0. The van der Waals surface area contributed by atoms with Crippen LogP contribution in [0.2, 0.25) is 0 Å². The second-order valence-corrected chi connectivity index (χ2v) is 7.75. The van der Waals surface area contributed by atoms with E-state index in [1.54, 1.807) is 11.8 Å². The van der Waals surface area contributed by atoms with Crippen LogP contribution < -0.4 is 0 Å². The zero-order valence-electron chi connectivity index (χ0n) is 16.9. The van der Waals surface area contributed by atoms with Crippen LogP contribution >= 0.6 is 0 Å². The van der Waals surface area contributed by atoms with E-state index >= 15 is 0 Å².